The second-order valence-electron chi connectivity index (χ2n) is 17.8. The predicted octanol–water partition coefficient (Wildman–Crippen LogP) is 3.98. The van der Waals surface area contributed by atoms with Crippen LogP contribution in [0.3, 0.4) is 0 Å². The number of carboxylic acid groups (broad SMARTS) is 2. The molecule has 0 saturated carbocycles. The zero-order chi connectivity index (χ0) is 44.4. The van der Waals surface area contributed by atoms with Crippen molar-refractivity contribution in [1.82, 2.24) is 20.4 Å². The van der Waals surface area contributed by atoms with E-state index in [1.54, 1.807) is 111 Å². The van der Waals surface area contributed by atoms with Crippen LogP contribution in [0, 0.1) is 22.7 Å². The van der Waals surface area contributed by atoms with Crippen LogP contribution >= 0.6 is 0 Å². The van der Waals surface area contributed by atoms with Crippen molar-refractivity contribution in [1.29, 1.82) is 0 Å². The summed E-state index contributed by atoms with van der Waals surface area (Å²) < 4.78 is 33.6. The zero-order valence-electron chi connectivity index (χ0n) is 34.3. The lowest BCUT2D eigenvalue weighted by molar-refractivity contribution is -0.156. The average Bonchev–Trinajstić information content (AvgIpc) is 3.74. The molecule has 2 fully saturated rings. The number of rotatable bonds is 9. The van der Waals surface area contributed by atoms with Gasteiger partial charge in [-0.25, -0.2) is 18.4 Å². The minimum absolute atomic E-state index is 0.0702. The van der Waals surface area contributed by atoms with Gasteiger partial charge in [0.2, 0.25) is 11.8 Å². The first kappa shape index (κ1) is 43.2. The molecule has 8 atom stereocenters. The maximum atomic E-state index is 16.8. The molecule has 2 unspecified atom stereocenters. The average molecular weight is 844 g/mol. The molecule has 3 aromatic rings. The number of benzene rings is 3. The quantitative estimate of drug-likeness (QED) is 0.181. The van der Waals surface area contributed by atoms with Gasteiger partial charge >= 0.3 is 12.2 Å². The van der Waals surface area contributed by atoms with E-state index >= 15 is 18.4 Å². The monoisotopic (exact) mass is 843 g/mol. The van der Waals surface area contributed by atoms with Gasteiger partial charge in [-0.2, -0.15) is 0 Å². The van der Waals surface area contributed by atoms with Gasteiger partial charge in [-0.05, 0) is 47.2 Å². The molecule has 9 rings (SSSR count). The summed E-state index contributed by atoms with van der Waals surface area (Å²) in [6.45, 7) is 5.53. The molecule has 8 N–H and O–H groups in total. The Labute approximate surface area is 351 Å². The van der Waals surface area contributed by atoms with E-state index in [9.17, 15) is 29.4 Å². The lowest BCUT2D eigenvalue weighted by Gasteiger charge is -2.59. The third-order valence-electron chi connectivity index (χ3n) is 14.0. The number of carbonyl (C=O) groups excluding carboxylic acids is 4. The van der Waals surface area contributed by atoms with E-state index in [1.807, 2.05) is 10.6 Å². The van der Waals surface area contributed by atoms with Crippen molar-refractivity contribution >= 4 is 41.5 Å². The standard InChI is InChI=1S/C44H51F2N7O8/c1-41(2)31(35(47)54)18-24-10-14-26(15-11-24)43(41,37(56)49-39(58)59)51-22-28(45)20-33(51)53(30-8-6-5-7-9-30)34-21-29(46)23-52(34)44(38(57)50-40(60)61)27-16-12-25(13-17-27)19-32(36(48)55)42(44,3)4/h5-17,28-29,31-34H,18-23H2,1-4H3,(H2,47,54)(H2,48,55)(H,49,56)(H,50,57)(H,58,59)(H,60,61)/t28-,29-,31?,32?,33-,34-,43-,44-/m0/s1. The highest BCUT2D eigenvalue weighted by Gasteiger charge is 2.68. The molecule has 15 nitrogen and oxygen atoms in total. The Morgan fingerprint density at radius 3 is 1.31 bits per heavy atom. The number of fused-ring (bicyclic) bond motifs is 10. The van der Waals surface area contributed by atoms with Crippen molar-refractivity contribution in [3.8, 4) is 0 Å². The molecule has 0 radical (unpaired) electrons. The smallest absolute Gasteiger partial charge is 0.411 e. The molecule has 2 heterocycles. The number of nitrogens with two attached hydrogens (primary N) is 2. The van der Waals surface area contributed by atoms with Gasteiger partial charge in [0.25, 0.3) is 11.8 Å². The number of likely N-dealkylation sites (tertiary alicyclic amines) is 2. The van der Waals surface area contributed by atoms with E-state index in [2.05, 4.69) is 0 Å². The van der Waals surface area contributed by atoms with E-state index in [-0.39, 0.29) is 36.8 Å². The summed E-state index contributed by atoms with van der Waals surface area (Å²) in [7, 11) is 0. The van der Waals surface area contributed by atoms with Crippen molar-refractivity contribution in [3.05, 3.63) is 101 Å². The number of imide groups is 2. The SMILES string of the molecule is CC1(C)C(C(N)=O)Cc2ccc(cc2)[C@@]1(C(=O)NC(=O)O)N1C[C@@H](F)C[C@@H]1N(c1ccccc1)[C@H]1C[C@H](F)CN1[C@]1(C(=O)NC(=O)O)c2ccc(cc2)CC(C(N)=O)C1(C)C. The normalized spacial score (nSPS) is 30.3. The molecule has 324 valence electrons. The Morgan fingerprint density at radius 2 is 0.984 bits per heavy atom. The second-order valence-corrected chi connectivity index (χ2v) is 17.8. The third kappa shape index (κ3) is 6.68. The maximum Gasteiger partial charge on any atom is 0.411 e. The molecular formula is C44H51F2N7O8. The first-order chi connectivity index (χ1) is 28.7. The Balaban J connectivity index is 1.53. The summed E-state index contributed by atoms with van der Waals surface area (Å²) in [5.41, 5.74) is 7.11. The highest BCUT2D eigenvalue weighted by atomic mass is 19.1. The fraction of sp³-hybridized carbons (Fsp3) is 0.455. The molecule has 17 heteroatoms. The van der Waals surface area contributed by atoms with Crippen molar-refractivity contribution in [3.63, 3.8) is 0 Å². The number of nitrogens with one attached hydrogen (secondary N) is 2. The van der Waals surface area contributed by atoms with Crippen molar-refractivity contribution < 1.29 is 47.8 Å². The predicted molar refractivity (Wildman–Crippen MR) is 218 cm³/mol. The number of hydrogen-bond donors (Lipinski definition) is 6. The van der Waals surface area contributed by atoms with Crippen LogP contribution in [-0.4, -0.2) is 93.6 Å². The number of alkyl halides is 2. The van der Waals surface area contributed by atoms with E-state index in [1.165, 1.54) is 9.80 Å². The fourth-order valence-corrected chi connectivity index (χ4v) is 11.4. The number of para-hydroxylation sites is 1. The van der Waals surface area contributed by atoms with E-state index < -0.39 is 107 Å². The van der Waals surface area contributed by atoms with Gasteiger partial charge in [-0.1, -0.05) is 94.4 Å². The van der Waals surface area contributed by atoms with Crippen LogP contribution in [-0.2, 0) is 43.1 Å². The zero-order valence-corrected chi connectivity index (χ0v) is 34.3. The first-order valence-corrected chi connectivity index (χ1v) is 20.2. The number of amides is 6. The minimum Gasteiger partial charge on any atom is -0.465 e. The second kappa shape index (κ2) is 15.5. The number of halogens is 2. The summed E-state index contributed by atoms with van der Waals surface area (Å²) in [4.78, 5) is 86.7. The summed E-state index contributed by atoms with van der Waals surface area (Å²) in [6, 6.07) is 21.9. The Bertz CT molecular complexity index is 2110. The maximum absolute atomic E-state index is 16.8. The van der Waals surface area contributed by atoms with Crippen LogP contribution in [0.4, 0.5) is 24.1 Å². The van der Waals surface area contributed by atoms with Crippen LogP contribution < -0.4 is 27.0 Å². The lowest BCUT2D eigenvalue weighted by Crippen LogP contribution is -2.73. The molecule has 6 amide bonds. The summed E-state index contributed by atoms with van der Waals surface area (Å²) in [6.07, 6.45) is -9.75. The molecule has 0 aromatic heterocycles. The number of nitrogens with zero attached hydrogens (tertiary/aromatic N) is 3. The van der Waals surface area contributed by atoms with Crippen LogP contribution in [0.25, 0.3) is 0 Å². The molecule has 3 aromatic carbocycles. The lowest BCUT2D eigenvalue weighted by atomic mass is 9.57. The van der Waals surface area contributed by atoms with Gasteiger partial charge in [0.15, 0.2) is 0 Å². The Hall–Kier alpha value is -5.94. The third-order valence-corrected chi connectivity index (χ3v) is 14.0. The largest absolute Gasteiger partial charge is 0.465 e. The molecule has 4 bridgehead atoms. The molecule has 0 spiro atoms. The van der Waals surface area contributed by atoms with Crippen molar-refractivity contribution in [2.75, 3.05) is 18.0 Å². The van der Waals surface area contributed by atoms with E-state index in [0.29, 0.717) is 5.69 Å². The Morgan fingerprint density at radius 1 is 0.623 bits per heavy atom. The minimum atomic E-state index is -2.15. The van der Waals surface area contributed by atoms with Gasteiger partial charge in [0.1, 0.15) is 23.4 Å². The summed E-state index contributed by atoms with van der Waals surface area (Å²) in [5, 5.41) is 24.2. The molecule has 4 aliphatic carbocycles. The molecule has 61 heavy (non-hydrogen) atoms. The van der Waals surface area contributed by atoms with Crippen LogP contribution in [0.5, 0.6) is 0 Å². The molecule has 2 aliphatic heterocycles. The van der Waals surface area contributed by atoms with Crippen molar-refractivity contribution in [2.24, 2.45) is 34.1 Å². The highest BCUT2D eigenvalue weighted by Crippen LogP contribution is 2.58. The highest BCUT2D eigenvalue weighted by molar-refractivity contribution is 6.00. The van der Waals surface area contributed by atoms with E-state index in [0.717, 1.165) is 11.1 Å². The van der Waals surface area contributed by atoms with Crippen molar-refractivity contribution in [2.45, 2.75) is 89.1 Å². The van der Waals surface area contributed by atoms with Gasteiger partial charge in [0.05, 0.1) is 12.3 Å². The van der Waals surface area contributed by atoms with E-state index in [4.69, 9.17) is 11.5 Å². The van der Waals surface area contributed by atoms with Gasteiger partial charge < -0.3 is 26.6 Å². The number of hydrogen-bond acceptors (Lipinski definition) is 9. The number of carbonyl (C=O) groups is 6. The fourth-order valence-electron chi connectivity index (χ4n) is 11.4. The summed E-state index contributed by atoms with van der Waals surface area (Å²) >= 11 is 0. The first-order valence-electron chi connectivity index (χ1n) is 20.2. The van der Waals surface area contributed by atoms with Crippen LogP contribution in [0.1, 0.15) is 62.8 Å². The van der Waals surface area contributed by atoms with Gasteiger partial charge in [0, 0.05) is 54.3 Å². The molecule has 6 aliphatic rings. The molecule has 2 saturated heterocycles. The van der Waals surface area contributed by atoms with Gasteiger partial charge in [-0.3, -0.25) is 39.6 Å². The number of anilines is 1. The topological polar surface area (TPSA) is 229 Å². The molecular weight excluding hydrogens is 793 g/mol. The summed E-state index contributed by atoms with van der Waals surface area (Å²) in [5.74, 6) is -5.89. The van der Waals surface area contributed by atoms with Gasteiger partial charge in [-0.15, -0.1) is 0 Å². The van der Waals surface area contributed by atoms with Crippen LogP contribution in [0.15, 0.2) is 78.9 Å². The Kier molecular flexibility index (Phi) is 11.0. The number of primary amides is 2. The van der Waals surface area contributed by atoms with Crippen LogP contribution in [0.2, 0.25) is 0 Å².